The molecule has 4 rings (SSSR count). The molecule has 0 fully saturated rings. The van der Waals surface area contributed by atoms with Crippen LogP contribution in [0.15, 0.2) is 54.6 Å². The Balaban J connectivity index is 1.69. The van der Waals surface area contributed by atoms with Crippen LogP contribution in [0, 0.1) is 17.6 Å². The number of aryl methyl sites for hydroxylation is 1. The Hall–Kier alpha value is -2.22. The summed E-state index contributed by atoms with van der Waals surface area (Å²) in [6, 6.07) is 16.5. The van der Waals surface area contributed by atoms with Crippen LogP contribution in [0.4, 0.5) is 8.78 Å². The van der Waals surface area contributed by atoms with E-state index in [4.69, 9.17) is 0 Å². The SMILES string of the molecule is CCCCCCC[C@@H]1CCc2c(ccc3ccc(F)cc23)[C@H]1c1ccc(F)cc1. The molecule has 29 heavy (non-hydrogen) atoms. The van der Waals surface area contributed by atoms with Crippen molar-refractivity contribution in [1.82, 2.24) is 0 Å². The monoisotopic (exact) mass is 392 g/mol. The lowest BCUT2D eigenvalue weighted by molar-refractivity contribution is 0.367. The Bertz CT molecular complexity index is 958. The molecular weight excluding hydrogens is 362 g/mol. The fraction of sp³-hybridized carbons (Fsp3) is 0.407. The Morgan fingerprint density at radius 1 is 0.828 bits per heavy atom. The van der Waals surface area contributed by atoms with Gasteiger partial charge in [-0.3, -0.25) is 0 Å². The third-order valence-electron chi connectivity index (χ3n) is 6.61. The average molecular weight is 393 g/mol. The van der Waals surface area contributed by atoms with Crippen molar-refractivity contribution >= 4 is 10.8 Å². The molecule has 3 aromatic carbocycles. The van der Waals surface area contributed by atoms with E-state index in [1.807, 2.05) is 18.2 Å². The van der Waals surface area contributed by atoms with Crippen LogP contribution in [0.2, 0.25) is 0 Å². The zero-order valence-corrected chi connectivity index (χ0v) is 17.3. The summed E-state index contributed by atoms with van der Waals surface area (Å²) in [5, 5.41) is 2.14. The molecule has 152 valence electrons. The van der Waals surface area contributed by atoms with Crippen molar-refractivity contribution in [2.75, 3.05) is 0 Å². The van der Waals surface area contributed by atoms with Gasteiger partial charge in [-0.1, -0.05) is 69.4 Å². The lowest BCUT2D eigenvalue weighted by Crippen LogP contribution is -2.22. The highest BCUT2D eigenvalue weighted by atomic mass is 19.1. The molecule has 0 heterocycles. The minimum absolute atomic E-state index is 0.178. The molecule has 0 amide bonds. The highest BCUT2D eigenvalue weighted by Crippen LogP contribution is 2.45. The van der Waals surface area contributed by atoms with Crippen molar-refractivity contribution in [3.05, 3.63) is 82.9 Å². The molecule has 0 nitrogen and oxygen atoms in total. The van der Waals surface area contributed by atoms with Crippen LogP contribution >= 0.6 is 0 Å². The van der Waals surface area contributed by atoms with Crippen molar-refractivity contribution in [2.24, 2.45) is 5.92 Å². The Morgan fingerprint density at radius 2 is 1.55 bits per heavy atom. The normalized spacial score (nSPS) is 18.7. The summed E-state index contributed by atoms with van der Waals surface area (Å²) in [5.74, 6) is 0.447. The van der Waals surface area contributed by atoms with Gasteiger partial charge in [-0.05, 0) is 76.9 Å². The largest absolute Gasteiger partial charge is 0.207 e. The van der Waals surface area contributed by atoms with Gasteiger partial charge in [0.15, 0.2) is 0 Å². The molecule has 3 aromatic rings. The third-order valence-corrected chi connectivity index (χ3v) is 6.61. The van der Waals surface area contributed by atoms with Gasteiger partial charge in [0.2, 0.25) is 0 Å². The van der Waals surface area contributed by atoms with Crippen LogP contribution in [0.1, 0.15) is 74.5 Å². The van der Waals surface area contributed by atoms with Gasteiger partial charge >= 0.3 is 0 Å². The molecule has 0 spiro atoms. The smallest absolute Gasteiger partial charge is 0.123 e. The van der Waals surface area contributed by atoms with E-state index in [0.29, 0.717) is 5.92 Å². The maximum absolute atomic E-state index is 14.0. The molecule has 0 aromatic heterocycles. The zero-order valence-electron chi connectivity index (χ0n) is 17.3. The zero-order chi connectivity index (χ0) is 20.2. The van der Waals surface area contributed by atoms with Crippen LogP contribution < -0.4 is 0 Å². The topological polar surface area (TPSA) is 0 Å². The second-order valence-electron chi connectivity index (χ2n) is 8.53. The summed E-state index contributed by atoms with van der Waals surface area (Å²) in [7, 11) is 0. The maximum atomic E-state index is 14.0. The van der Waals surface area contributed by atoms with Gasteiger partial charge in [0.05, 0.1) is 0 Å². The van der Waals surface area contributed by atoms with E-state index in [2.05, 4.69) is 19.1 Å². The molecule has 2 atom stereocenters. The second-order valence-corrected chi connectivity index (χ2v) is 8.53. The predicted octanol–water partition coefficient (Wildman–Crippen LogP) is 8.17. The maximum Gasteiger partial charge on any atom is 0.123 e. The summed E-state index contributed by atoms with van der Waals surface area (Å²) < 4.78 is 27.6. The first-order chi connectivity index (χ1) is 14.2. The molecular formula is C27H30F2. The van der Waals surface area contributed by atoms with Gasteiger partial charge in [-0.25, -0.2) is 8.78 Å². The summed E-state index contributed by atoms with van der Waals surface area (Å²) in [6.45, 7) is 2.25. The summed E-state index contributed by atoms with van der Waals surface area (Å²) in [5.41, 5.74) is 3.76. The van der Waals surface area contributed by atoms with Gasteiger partial charge in [-0.2, -0.15) is 0 Å². The van der Waals surface area contributed by atoms with Crippen LogP contribution in [0.3, 0.4) is 0 Å². The van der Waals surface area contributed by atoms with Crippen LogP contribution in [-0.4, -0.2) is 0 Å². The standard InChI is InChI=1S/C27H30F2/c1-2-3-4-5-6-7-20-12-16-24-25(27(20)21-9-13-22(28)14-10-21)17-11-19-8-15-23(29)18-26(19)24/h8-11,13-15,17-18,20,27H,2-7,12,16H2,1H3/t20-,27-/m1/s1. The van der Waals surface area contributed by atoms with Crippen LogP contribution in [-0.2, 0) is 6.42 Å². The van der Waals surface area contributed by atoms with Gasteiger partial charge in [0, 0.05) is 5.92 Å². The number of benzene rings is 3. The number of unbranched alkanes of at least 4 members (excludes halogenated alkanes) is 4. The number of fused-ring (bicyclic) bond motifs is 3. The fourth-order valence-electron chi connectivity index (χ4n) is 5.13. The van der Waals surface area contributed by atoms with Crippen molar-refractivity contribution < 1.29 is 8.78 Å². The van der Waals surface area contributed by atoms with E-state index in [0.717, 1.165) is 23.6 Å². The molecule has 0 saturated carbocycles. The highest BCUT2D eigenvalue weighted by molar-refractivity contribution is 5.87. The van der Waals surface area contributed by atoms with Crippen molar-refractivity contribution in [2.45, 2.75) is 64.2 Å². The molecule has 0 N–H and O–H groups in total. The minimum Gasteiger partial charge on any atom is -0.207 e. The Morgan fingerprint density at radius 3 is 2.34 bits per heavy atom. The lowest BCUT2D eigenvalue weighted by atomic mass is 9.69. The number of halogens is 2. The van der Waals surface area contributed by atoms with Crippen molar-refractivity contribution in [1.29, 1.82) is 0 Å². The van der Waals surface area contributed by atoms with Crippen LogP contribution in [0.25, 0.3) is 10.8 Å². The van der Waals surface area contributed by atoms with Crippen molar-refractivity contribution in [3.8, 4) is 0 Å². The molecule has 1 aliphatic carbocycles. The molecule has 0 bridgehead atoms. The molecule has 0 unspecified atom stereocenters. The summed E-state index contributed by atoms with van der Waals surface area (Å²) in [6.07, 6.45) is 9.73. The fourth-order valence-corrected chi connectivity index (χ4v) is 5.13. The minimum atomic E-state index is -0.193. The van der Waals surface area contributed by atoms with E-state index in [1.165, 1.54) is 61.3 Å². The lowest BCUT2D eigenvalue weighted by Gasteiger charge is -2.35. The number of hydrogen-bond acceptors (Lipinski definition) is 0. The Labute approximate surface area is 173 Å². The van der Waals surface area contributed by atoms with Gasteiger partial charge < -0.3 is 0 Å². The summed E-state index contributed by atoms with van der Waals surface area (Å²) in [4.78, 5) is 0. The van der Waals surface area contributed by atoms with E-state index >= 15 is 0 Å². The predicted molar refractivity (Wildman–Crippen MR) is 117 cm³/mol. The number of hydrogen-bond donors (Lipinski definition) is 0. The van der Waals surface area contributed by atoms with Gasteiger partial charge in [0.1, 0.15) is 11.6 Å². The quantitative estimate of drug-likeness (QED) is 0.356. The van der Waals surface area contributed by atoms with E-state index < -0.39 is 0 Å². The number of rotatable bonds is 7. The van der Waals surface area contributed by atoms with E-state index in [-0.39, 0.29) is 17.6 Å². The molecule has 1 aliphatic rings. The van der Waals surface area contributed by atoms with E-state index in [1.54, 1.807) is 18.2 Å². The summed E-state index contributed by atoms with van der Waals surface area (Å²) >= 11 is 0. The van der Waals surface area contributed by atoms with Crippen molar-refractivity contribution in [3.63, 3.8) is 0 Å². The Kier molecular flexibility index (Phi) is 6.28. The molecule has 0 radical (unpaired) electrons. The first-order valence-corrected chi connectivity index (χ1v) is 11.1. The first kappa shape index (κ1) is 20.1. The van der Waals surface area contributed by atoms with Crippen LogP contribution in [0.5, 0.6) is 0 Å². The third kappa shape index (κ3) is 4.37. The molecule has 0 saturated heterocycles. The van der Waals surface area contributed by atoms with Gasteiger partial charge in [0.25, 0.3) is 0 Å². The first-order valence-electron chi connectivity index (χ1n) is 11.1. The van der Waals surface area contributed by atoms with E-state index in [9.17, 15) is 8.78 Å². The molecule has 0 aliphatic heterocycles. The average Bonchev–Trinajstić information content (AvgIpc) is 2.74. The highest BCUT2D eigenvalue weighted by Gasteiger charge is 2.31. The second kappa shape index (κ2) is 9.07. The van der Waals surface area contributed by atoms with Gasteiger partial charge in [-0.15, -0.1) is 0 Å². The molecule has 2 heteroatoms.